The van der Waals surface area contributed by atoms with Crippen molar-refractivity contribution in [3.8, 4) is 0 Å². The van der Waals surface area contributed by atoms with Crippen LogP contribution in [0.3, 0.4) is 0 Å². The highest BCUT2D eigenvalue weighted by molar-refractivity contribution is 6.04. The summed E-state index contributed by atoms with van der Waals surface area (Å²) >= 11 is 0. The largest absolute Gasteiger partial charge is 0.418 e. The Morgan fingerprint density at radius 2 is 1.93 bits per heavy atom. The Kier molecular flexibility index (Phi) is 4.33. The average Bonchev–Trinajstić information content (AvgIpc) is 3.33. The molecule has 7 nitrogen and oxygen atoms in total. The van der Waals surface area contributed by atoms with E-state index in [4.69, 9.17) is 0 Å². The van der Waals surface area contributed by atoms with Gasteiger partial charge in [0, 0.05) is 31.0 Å². The van der Waals surface area contributed by atoms with Crippen LogP contribution in [0, 0.1) is 0 Å². The monoisotopic (exact) mass is 391 g/mol. The summed E-state index contributed by atoms with van der Waals surface area (Å²) in [5, 5.41) is 6.00. The van der Waals surface area contributed by atoms with Gasteiger partial charge in [-0.05, 0) is 31.0 Å². The number of anilines is 2. The van der Waals surface area contributed by atoms with Crippen LogP contribution >= 0.6 is 0 Å². The van der Waals surface area contributed by atoms with Gasteiger partial charge in [0.05, 0.1) is 17.4 Å². The number of aromatic amines is 1. The first-order chi connectivity index (χ1) is 13.3. The van der Waals surface area contributed by atoms with E-state index in [1.165, 1.54) is 24.4 Å². The third kappa shape index (κ3) is 3.21. The van der Waals surface area contributed by atoms with Crippen molar-refractivity contribution in [2.24, 2.45) is 0 Å². The number of benzene rings is 1. The Bertz CT molecular complexity index is 1100. The highest BCUT2D eigenvalue weighted by atomic mass is 19.4. The van der Waals surface area contributed by atoms with E-state index in [1.807, 2.05) is 4.90 Å². The van der Waals surface area contributed by atoms with Crippen molar-refractivity contribution >= 4 is 22.9 Å². The number of halogens is 3. The predicted molar refractivity (Wildman–Crippen MR) is 96.7 cm³/mol. The zero-order chi connectivity index (χ0) is 19.9. The summed E-state index contributed by atoms with van der Waals surface area (Å²) in [5.74, 6) is -0.946. The Morgan fingerprint density at radius 3 is 2.64 bits per heavy atom. The lowest BCUT2D eigenvalue weighted by Gasteiger charge is -2.21. The van der Waals surface area contributed by atoms with E-state index >= 15 is 0 Å². The molecule has 10 heteroatoms. The summed E-state index contributed by atoms with van der Waals surface area (Å²) in [6.07, 6.45) is -0.276. The first-order valence-electron chi connectivity index (χ1n) is 8.67. The van der Waals surface area contributed by atoms with Crippen LogP contribution in [0.1, 0.15) is 28.8 Å². The predicted octanol–water partition coefficient (Wildman–Crippen LogP) is 2.89. The van der Waals surface area contributed by atoms with Crippen molar-refractivity contribution in [3.05, 3.63) is 58.1 Å². The summed E-state index contributed by atoms with van der Waals surface area (Å²) in [6, 6.07) is 5.32. The van der Waals surface area contributed by atoms with Crippen molar-refractivity contribution in [1.82, 2.24) is 14.6 Å². The normalized spacial score (nSPS) is 14.6. The maximum atomic E-state index is 13.6. The Hall–Kier alpha value is -3.30. The number of amides is 1. The van der Waals surface area contributed by atoms with Crippen molar-refractivity contribution in [1.29, 1.82) is 0 Å². The van der Waals surface area contributed by atoms with Crippen LogP contribution in [0.5, 0.6) is 0 Å². The Balaban J connectivity index is 1.68. The quantitative estimate of drug-likeness (QED) is 0.719. The number of carbonyl (C=O) groups excluding carboxylic acids is 1. The van der Waals surface area contributed by atoms with Gasteiger partial charge in [-0.15, -0.1) is 0 Å². The molecular weight excluding hydrogens is 375 g/mol. The topological polar surface area (TPSA) is 82.5 Å². The number of nitrogens with zero attached hydrogens (tertiary/aromatic N) is 3. The van der Waals surface area contributed by atoms with Gasteiger partial charge in [-0.1, -0.05) is 0 Å². The van der Waals surface area contributed by atoms with Crippen LogP contribution in [0.25, 0.3) is 5.65 Å². The first kappa shape index (κ1) is 18.1. The number of nitrogens with one attached hydrogen (secondary N) is 2. The van der Waals surface area contributed by atoms with Gasteiger partial charge in [0.1, 0.15) is 11.2 Å². The molecule has 1 aromatic carbocycles. The molecule has 1 amide bonds. The zero-order valence-corrected chi connectivity index (χ0v) is 14.6. The van der Waals surface area contributed by atoms with E-state index in [0.29, 0.717) is 24.4 Å². The highest BCUT2D eigenvalue weighted by Crippen LogP contribution is 2.38. The molecule has 3 heterocycles. The standard InChI is InChI=1S/C18H16F3N5O2/c19-18(20,21)13-9-11(25-7-1-2-8-25)3-4-14(13)24-16(27)12-10-22-15-5-6-23-26(15)17(12)28/h3-6,9-10,22H,1-2,7-8H2,(H,24,27). The molecule has 0 spiro atoms. The summed E-state index contributed by atoms with van der Waals surface area (Å²) in [7, 11) is 0. The van der Waals surface area contributed by atoms with E-state index < -0.39 is 28.9 Å². The molecule has 1 aliphatic rings. The lowest BCUT2D eigenvalue weighted by Crippen LogP contribution is -2.27. The summed E-state index contributed by atoms with van der Waals surface area (Å²) in [5.41, 5.74) is -1.60. The van der Waals surface area contributed by atoms with E-state index in [1.54, 1.807) is 0 Å². The number of aromatic nitrogens is 3. The average molecular weight is 391 g/mol. The number of hydrogen-bond donors (Lipinski definition) is 2. The molecule has 0 bridgehead atoms. The molecule has 1 aliphatic heterocycles. The molecule has 0 saturated carbocycles. The summed E-state index contributed by atoms with van der Waals surface area (Å²) in [4.78, 5) is 29.4. The van der Waals surface area contributed by atoms with Gasteiger partial charge in [0.15, 0.2) is 0 Å². The van der Waals surface area contributed by atoms with Gasteiger partial charge >= 0.3 is 6.18 Å². The van der Waals surface area contributed by atoms with Crippen molar-refractivity contribution in [2.45, 2.75) is 19.0 Å². The SMILES string of the molecule is O=C(Nc1ccc(N2CCCC2)cc1C(F)(F)F)c1c[nH]c2ccnn2c1=O. The van der Waals surface area contributed by atoms with Crippen LogP contribution in [-0.4, -0.2) is 33.6 Å². The van der Waals surface area contributed by atoms with Gasteiger partial charge in [-0.2, -0.15) is 22.8 Å². The van der Waals surface area contributed by atoms with Gasteiger partial charge in [-0.3, -0.25) is 9.59 Å². The van der Waals surface area contributed by atoms with Crippen molar-refractivity contribution < 1.29 is 18.0 Å². The molecule has 2 N–H and O–H groups in total. The van der Waals surface area contributed by atoms with E-state index in [0.717, 1.165) is 29.6 Å². The maximum absolute atomic E-state index is 13.6. The number of hydrogen-bond acceptors (Lipinski definition) is 4. The molecule has 0 atom stereocenters. The highest BCUT2D eigenvalue weighted by Gasteiger charge is 2.35. The lowest BCUT2D eigenvalue weighted by molar-refractivity contribution is -0.136. The second kappa shape index (κ2) is 6.70. The number of carbonyl (C=O) groups is 1. The van der Waals surface area contributed by atoms with E-state index in [9.17, 15) is 22.8 Å². The van der Waals surface area contributed by atoms with Crippen LogP contribution in [0.15, 0.2) is 41.5 Å². The minimum atomic E-state index is -4.66. The van der Waals surface area contributed by atoms with E-state index in [2.05, 4.69) is 15.4 Å². The van der Waals surface area contributed by atoms with E-state index in [-0.39, 0.29) is 5.56 Å². The number of alkyl halides is 3. The minimum absolute atomic E-state index is 0.340. The minimum Gasteiger partial charge on any atom is -0.372 e. The first-order valence-corrected chi connectivity index (χ1v) is 8.67. The Labute approximate surface area is 156 Å². The molecule has 1 saturated heterocycles. The third-order valence-corrected chi connectivity index (χ3v) is 4.70. The Morgan fingerprint density at radius 1 is 1.18 bits per heavy atom. The molecule has 0 radical (unpaired) electrons. The zero-order valence-electron chi connectivity index (χ0n) is 14.6. The second-order valence-electron chi connectivity index (χ2n) is 6.51. The summed E-state index contributed by atoms with van der Waals surface area (Å²) < 4.78 is 41.7. The smallest absolute Gasteiger partial charge is 0.372 e. The molecule has 0 aliphatic carbocycles. The number of rotatable bonds is 3. The molecule has 2 aromatic heterocycles. The van der Waals surface area contributed by atoms with Gasteiger partial charge in [0.25, 0.3) is 11.5 Å². The molecule has 3 aromatic rings. The fourth-order valence-corrected chi connectivity index (χ4v) is 3.30. The summed E-state index contributed by atoms with van der Waals surface area (Å²) in [6.45, 7) is 1.39. The molecular formula is C18H16F3N5O2. The van der Waals surface area contributed by atoms with Crippen molar-refractivity contribution in [2.75, 3.05) is 23.3 Å². The molecule has 146 valence electrons. The fraction of sp³-hybridized carbons (Fsp3) is 0.278. The van der Waals surface area contributed by atoms with Crippen LogP contribution < -0.4 is 15.8 Å². The molecule has 28 heavy (non-hydrogen) atoms. The molecule has 1 fully saturated rings. The van der Waals surface area contributed by atoms with Gasteiger partial charge in [0.2, 0.25) is 0 Å². The van der Waals surface area contributed by atoms with Crippen LogP contribution in [0.4, 0.5) is 24.5 Å². The number of H-pyrrole nitrogens is 1. The van der Waals surface area contributed by atoms with Crippen LogP contribution in [0.2, 0.25) is 0 Å². The lowest BCUT2D eigenvalue weighted by atomic mass is 10.1. The third-order valence-electron chi connectivity index (χ3n) is 4.70. The number of fused-ring (bicyclic) bond motifs is 1. The van der Waals surface area contributed by atoms with Crippen molar-refractivity contribution in [3.63, 3.8) is 0 Å². The van der Waals surface area contributed by atoms with Gasteiger partial charge in [-0.25, -0.2) is 0 Å². The van der Waals surface area contributed by atoms with Gasteiger partial charge < -0.3 is 15.2 Å². The van der Waals surface area contributed by atoms with Crippen LogP contribution in [-0.2, 0) is 6.18 Å². The maximum Gasteiger partial charge on any atom is 0.418 e. The molecule has 0 unspecified atom stereocenters. The molecule has 4 rings (SSSR count). The fourth-order valence-electron chi connectivity index (χ4n) is 3.30. The second-order valence-corrected chi connectivity index (χ2v) is 6.51.